The summed E-state index contributed by atoms with van der Waals surface area (Å²) in [5, 5.41) is 8.77. The van der Waals surface area contributed by atoms with Gasteiger partial charge in [0.1, 0.15) is 6.54 Å². The van der Waals surface area contributed by atoms with Gasteiger partial charge in [-0.3, -0.25) is 9.59 Å². The van der Waals surface area contributed by atoms with E-state index < -0.39 is 12.1 Å². The van der Waals surface area contributed by atoms with Crippen LogP contribution in [0.5, 0.6) is 0 Å². The van der Waals surface area contributed by atoms with Gasteiger partial charge < -0.3 is 14.3 Å². The van der Waals surface area contributed by atoms with Crippen LogP contribution in [0.3, 0.4) is 0 Å². The molecule has 100 valence electrons. The third kappa shape index (κ3) is 9.81. The number of carboxylic acids is 1. The van der Waals surface area contributed by atoms with E-state index in [2.05, 4.69) is 0 Å². The van der Waals surface area contributed by atoms with E-state index in [9.17, 15) is 9.59 Å². The Bertz CT molecular complexity index is 258. The predicted molar refractivity (Wildman–Crippen MR) is 64.6 cm³/mol. The van der Waals surface area contributed by atoms with Crippen LogP contribution in [0, 0.1) is 0 Å². The molecule has 5 heteroatoms. The summed E-state index contributed by atoms with van der Waals surface area (Å²) in [6, 6.07) is 0. The Hall–Kier alpha value is -1.10. The molecule has 0 saturated carbocycles. The lowest BCUT2D eigenvalue weighted by molar-refractivity contribution is -0.873. The highest BCUT2D eigenvalue weighted by molar-refractivity contribution is 5.71. The number of carbonyl (C=O) groups excluding carboxylic acids is 1. The average Bonchev–Trinajstić information content (AvgIpc) is 2.10. The quantitative estimate of drug-likeness (QED) is 0.400. The van der Waals surface area contributed by atoms with Crippen LogP contribution in [0.25, 0.3) is 0 Å². The summed E-state index contributed by atoms with van der Waals surface area (Å²) in [5.41, 5.74) is 0. The maximum atomic E-state index is 11.5. The van der Waals surface area contributed by atoms with Crippen molar-refractivity contribution < 1.29 is 23.9 Å². The number of quaternary nitrogens is 1. The maximum absolute atomic E-state index is 11.5. The molecule has 0 aliphatic carbocycles. The molecule has 0 rings (SSSR count). The summed E-state index contributed by atoms with van der Waals surface area (Å²) in [6.45, 7) is 2.50. The van der Waals surface area contributed by atoms with Crippen LogP contribution in [0.15, 0.2) is 0 Å². The van der Waals surface area contributed by atoms with Crippen molar-refractivity contribution in [2.45, 2.75) is 38.7 Å². The van der Waals surface area contributed by atoms with E-state index in [1.807, 2.05) is 28.1 Å². The van der Waals surface area contributed by atoms with Gasteiger partial charge in [-0.25, -0.2) is 0 Å². The van der Waals surface area contributed by atoms with Crippen LogP contribution in [-0.2, 0) is 14.3 Å². The lowest BCUT2D eigenvalue weighted by Gasteiger charge is -2.28. The molecule has 0 spiro atoms. The van der Waals surface area contributed by atoms with Crippen molar-refractivity contribution in [3.63, 3.8) is 0 Å². The second kappa shape index (κ2) is 7.27. The number of unbranched alkanes of at least 4 members (excludes halogenated alkanes) is 1. The topological polar surface area (TPSA) is 63.6 Å². The first kappa shape index (κ1) is 15.9. The number of rotatable bonds is 8. The van der Waals surface area contributed by atoms with Gasteiger partial charge in [0.05, 0.1) is 27.6 Å². The van der Waals surface area contributed by atoms with Gasteiger partial charge in [0.15, 0.2) is 6.10 Å². The minimum atomic E-state index is -0.938. The molecule has 0 aliphatic rings. The largest absolute Gasteiger partial charge is 0.481 e. The van der Waals surface area contributed by atoms with Crippen molar-refractivity contribution >= 4 is 11.9 Å². The number of carbonyl (C=O) groups is 2. The number of carboxylic acid groups (broad SMARTS) is 1. The molecule has 0 fully saturated rings. The van der Waals surface area contributed by atoms with E-state index in [1.54, 1.807) is 0 Å². The second-order valence-corrected chi connectivity index (χ2v) is 5.29. The zero-order valence-electron chi connectivity index (χ0n) is 11.2. The first-order chi connectivity index (χ1) is 7.74. The van der Waals surface area contributed by atoms with Crippen LogP contribution in [0.4, 0.5) is 0 Å². The fourth-order valence-electron chi connectivity index (χ4n) is 1.52. The van der Waals surface area contributed by atoms with E-state index in [1.165, 1.54) is 0 Å². The summed E-state index contributed by atoms with van der Waals surface area (Å²) >= 11 is 0. The molecular formula is C12H24NO4+. The average molecular weight is 249 g/mol. The molecule has 0 amide bonds. The van der Waals surface area contributed by atoms with Crippen LogP contribution in [0.2, 0.25) is 0 Å². The van der Waals surface area contributed by atoms with Gasteiger partial charge in [-0.15, -0.1) is 0 Å². The van der Waals surface area contributed by atoms with Crippen molar-refractivity contribution in [3.8, 4) is 0 Å². The molecule has 0 saturated heterocycles. The van der Waals surface area contributed by atoms with E-state index in [4.69, 9.17) is 9.84 Å². The van der Waals surface area contributed by atoms with Crippen molar-refractivity contribution in [3.05, 3.63) is 0 Å². The van der Waals surface area contributed by atoms with Gasteiger partial charge in [-0.1, -0.05) is 13.3 Å². The Morgan fingerprint density at radius 3 is 2.29 bits per heavy atom. The molecule has 17 heavy (non-hydrogen) atoms. The molecule has 0 heterocycles. The fraction of sp³-hybridized carbons (Fsp3) is 0.833. The Balaban J connectivity index is 4.28. The van der Waals surface area contributed by atoms with E-state index in [0.29, 0.717) is 17.4 Å². The van der Waals surface area contributed by atoms with E-state index in [-0.39, 0.29) is 12.4 Å². The van der Waals surface area contributed by atoms with Crippen molar-refractivity contribution in [1.29, 1.82) is 0 Å². The molecule has 1 N–H and O–H groups in total. The van der Waals surface area contributed by atoms with Crippen molar-refractivity contribution in [2.24, 2.45) is 0 Å². The SMILES string of the molecule is CCCCC(=O)O[C@H](CC(=O)O)C[N+]([13CH3])([13CH3])[13CH3]. The minimum absolute atomic E-state index is 0.132. The third-order valence-electron chi connectivity index (χ3n) is 2.19. The fourth-order valence-corrected chi connectivity index (χ4v) is 1.52. The van der Waals surface area contributed by atoms with Crippen molar-refractivity contribution in [1.82, 2.24) is 0 Å². The standard InChI is InChI=1S/C12H23NO4/c1-5-6-7-12(16)17-10(8-11(14)15)9-13(2,3)4/h10H,5-9H2,1-4H3/p+1/t10-/m1/s1/i2+1,3+1,4+1. The normalized spacial score (nSPS) is 13.2. The molecule has 0 unspecified atom stereocenters. The summed E-state index contributed by atoms with van der Waals surface area (Å²) in [5.74, 6) is -1.24. The van der Waals surface area contributed by atoms with E-state index >= 15 is 0 Å². The molecule has 0 aliphatic heterocycles. The van der Waals surface area contributed by atoms with Crippen LogP contribution < -0.4 is 0 Å². The number of esters is 1. The minimum Gasteiger partial charge on any atom is -0.481 e. The number of hydrogen-bond acceptors (Lipinski definition) is 3. The predicted octanol–water partition coefficient (Wildman–Crippen LogP) is 1.27. The maximum Gasteiger partial charge on any atom is 0.307 e. The molecule has 0 aromatic heterocycles. The monoisotopic (exact) mass is 249 g/mol. The van der Waals surface area contributed by atoms with Crippen LogP contribution in [0.1, 0.15) is 32.6 Å². The number of ether oxygens (including phenoxy) is 1. The van der Waals surface area contributed by atoms with Crippen LogP contribution >= 0.6 is 0 Å². The van der Waals surface area contributed by atoms with Gasteiger partial charge in [0.25, 0.3) is 0 Å². The highest BCUT2D eigenvalue weighted by atomic mass is 16.5. The summed E-state index contributed by atoms with van der Waals surface area (Å²) in [6.07, 6.45) is 1.39. The number of likely N-dealkylation sites (N-methyl/N-ethyl adjacent to an activating group) is 1. The summed E-state index contributed by atoms with van der Waals surface area (Å²) < 4.78 is 5.77. The number of aliphatic carboxylic acids is 1. The van der Waals surface area contributed by atoms with Gasteiger partial charge in [-0.2, -0.15) is 0 Å². The molecule has 0 bridgehead atoms. The van der Waals surface area contributed by atoms with Gasteiger partial charge in [0.2, 0.25) is 0 Å². The Kier molecular flexibility index (Phi) is 6.80. The second-order valence-electron chi connectivity index (χ2n) is 5.29. The summed E-state index contributed by atoms with van der Waals surface area (Å²) in [7, 11) is 5.82. The lowest BCUT2D eigenvalue weighted by Crippen LogP contribution is -2.43. The third-order valence-corrected chi connectivity index (χ3v) is 2.19. The van der Waals surface area contributed by atoms with Gasteiger partial charge in [-0.05, 0) is 6.42 Å². The molecule has 0 aromatic rings. The first-order valence-electron chi connectivity index (χ1n) is 5.96. The first-order valence-corrected chi connectivity index (χ1v) is 5.96. The zero-order valence-corrected chi connectivity index (χ0v) is 11.2. The van der Waals surface area contributed by atoms with Gasteiger partial charge >= 0.3 is 11.9 Å². The van der Waals surface area contributed by atoms with Crippen LogP contribution in [-0.4, -0.2) is 55.3 Å². The molecule has 0 aromatic carbocycles. The molecule has 5 nitrogen and oxygen atoms in total. The Labute approximate surface area is 103 Å². The number of nitrogens with zero attached hydrogens (tertiary/aromatic N) is 1. The number of hydrogen-bond donors (Lipinski definition) is 1. The van der Waals surface area contributed by atoms with Gasteiger partial charge in [0, 0.05) is 6.42 Å². The van der Waals surface area contributed by atoms with Crippen molar-refractivity contribution in [2.75, 3.05) is 27.7 Å². The molecule has 1 atom stereocenters. The lowest BCUT2D eigenvalue weighted by atomic mass is 10.2. The summed E-state index contributed by atoms with van der Waals surface area (Å²) in [4.78, 5) is 22.2. The smallest absolute Gasteiger partial charge is 0.307 e. The highest BCUT2D eigenvalue weighted by Crippen LogP contribution is 2.07. The van der Waals surface area contributed by atoms with E-state index in [0.717, 1.165) is 12.8 Å². The zero-order chi connectivity index (χ0) is 13.5. The Morgan fingerprint density at radius 1 is 1.29 bits per heavy atom. The molecule has 0 radical (unpaired) electrons. The highest BCUT2D eigenvalue weighted by Gasteiger charge is 2.24. The molecular weight excluding hydrogens is 225 g/mol. The Morgan fingerprint density at radius 2 is 1.88 bits per heavy atom.